The van der Waals surface area contributed by atoms with E-state index in [4.69, 9.17) is 4.74 Å². The maximum absolute atomic E-state index is 15.1. The zero-order chi connectivity index (χ0) is 27.4. The summed E-state index contributed by atoms with van der Waals surface area (Å²) in [5.74, 6) is -3.53. The number of hydrogen-bond acceptors (Lipinski definition) is 7. The fraction of sp³-hybridized carbons (Fsp3) is 0.261. The number of aromatic nitrogens is 3. The number of sulfonamides is 1. The number of fused-ring (bicyclic) bond motifs is 1. The van der Waals surface area contributed by atoms with Crippen molar-refractivity contribution in [3.05, 3.63) is 70.5 Å². The zero-order valence-electron chi connectivity index (χ0n) is 19.7. The van der Waals surface area contributed by atoms with E-state index in [-0.39, 0.29) is 47.7 Å². The first-order valence-electron chi connectivity index (χ1n) is 11.1. The first-order valence-corrected chi connectivity index (χ1v) is 14.7. The average molecular weight is 587 g/mol. The van der Waals surface area contributed by atoms with Gasteiger partial charge in [-0.15, -0.1) is 0 Å². The summed E-state index contributed by atoms with van der Waals surface area (Å²) in [7, 11) is -2.91. The summed E-state index contributed by atoms with van der Waals surface area (Å²) < 4.78 is 92.5. The van der Waals surface area contributed by atoms with Gasteiger partial charge in [0.2, 0.25) is 5.13 Å². The van der Waals surface area contributed by atoms with E-state index in [1.165, 1.54) is 49.8 Å². The van der Waals surface area contributed by atoms with E-state index in [0.717, 1.165) is 26.2 Å². The van der Waals surface area contributed by atoms with Crippen molar-refractivity contribution in [3.8, 4) is 11.4 Å². The molecule has 5 rings (SSSR count). The van der Waals surface area contributed by atoms with Crippen molar-refractivity contribution in [3.63, 3.8) is 0 Å². The largest absolute Gasteiger partial charge is 0.495 e. The minimum atomic E-state index is -4.43. The number of nitrogens with zero attached hydrogens (tertiary/aromatic N) is 4. The molecule has 1 aliphatic carbocycles. The van der Waals surface area contributed by atoms with Crippen LogP contribution in [0.15, 0.2) is 58.5 Å². The third kappa shape index (κ3) is 4.54. The minimum absolute atomic E-state index is 0.00940. The Hall–Kier alpha value is -3.09. The van der Waals surface area contributed by atoms with Crippen LogP contribution in [0.3, 0.4) is 0 Å². The number of anilines is 1. The van der Waals surface area contributed by atoms with Gasteiger partial charge in [-0.05, 0) is 63.6 Å². The summed E-state index contributed by atoms with van der Waals surface area (Å²) in [6.45, 7) is 1.68. The van der Waals surface area contributed by atoms with Crippen molar-refractivity contribution >= 4 is 46.3 Å². The highest BCUT2D eigenvalue weighted by atomic mass is 32.2. The molecule has 2 aromatic carbocycles. The highest BCUT2D eigenvalue weighted by Gasteiger charge is 2.57. The van der Waals surface area contributed by atoms with Crippen LogP contribution in [0.2, 0.25) is 0 Å². The van der Waals surface area contributed by atoms with Gasteiger partial charge >= 0.3 is 6.18 Å². The summed E-state index contributed by atoms with van der Waals surface area (Å²) in [5.41, 5.74) is -0.465. The van der Waals surface area contributed by atoms with Crippen LogP contribution in [0.4, 0.5) is 22.7 Å². The molecule has 0 amide bonds. The number of rotatable bonds is 7. The molecule has 2 heterocycles. The molecule has 0 aliphatic heterocycles. The molecule has 3 atom stereocenters. The molecule has 0 radical (unpaired) electrons. The first-order chi connectivity index (χ1) is 18.0. The predicted molar refractivity (Wildman–Crippen MR) is 137 cm³/mol. The highest BCUT2D eigenvalue weighted by molar-refractivity contribution is 7.98. The summed E-state index contributed by atoms with van der Waals surface area (Å²) >= 11 is 0.932. The Morgan fingerprint density at radius 2 is 1.95 bits per heavy atom. The topological polar surface area (TPSA) is 94.4 Å². The number of pyridine rings is 1. The molecular formula is C23H19F4N4O4PS2. The monoisotopic (exact) mass is 586 g/mol. The Balaban J connectivity index is 1.61. The Morgan fingerprint density at radius 1 is 1.18 bits per heavy atom. The van der Waals surface area contributed by atoms with Gasteiger partial charge < -0.3 is 4.74 Å². The van der Waals surface area contributed by atoms with Crippen LogP contribution in [0, 0.1) is 11.7 Å². The van der Waals surface area contributed by atoms with Crippen LogP contribution in [0.1, 0.15) is 17.9 Å². The molecule has 1 aliphatic rings. The molecule has 1 unspecified atom stereocenters. The van der Waals surface area contributed by atoms with Gasteiger partial charge in [0.25, 0.3) is 15.6 Å². The molecule has 4 aromatic rings. The van der Waals surface area contributed by atoms with Crippen LogP contribution in [-0.4, -0.2) is 42.3 Å². The van der Waals surface area contributed by atoms with Gasteiger partial charge in [-0.1, -0.05) is 0 Å². The van der Waals surface area contributed by atoms with Crippen molar-refractivity contribution in [1.82, 2.24) is 13.9 Å². The number of halogens is 4. The molecule has 1 fully saturated rings. The van der Waals surface area contributed by atoms with E-state index in [9.17, 15) is 26.4 Å². The number of benzene rings is 2. The van der Waals surface area contributed by atoms with Crippen LogP contribution in [0.5, 0.6) is 5.75 Å². The molecule has 0 bridgehead atoms. The smallest absolute Gasteiger partial charge is 0.392 e. The maximum Gasteiger partial charge on any atom is 0.392 e. The van der Waals surface area contributed by atoms with Crippen molar-refractivity contribution in [2.75, 3.05) is 17.9 Å². The molecule has 1 saturated carbocycles. The third-order valence-corrected chi connectivity index (χ3v) is 10.6. The lowest BCUT2D eigenvalue weighted by atomic mass is 10.1. The second-order valence-corrected chi connectivity index (χ2v) is 12.2. The summed E-state index contributed by atoms with van der Waals surface area (Å²) in [6.07, 6.45) is -3.40. The Morgan fingerprint density at radius 3 is 2.55 bits per heavy atom. The Bertz CT molecular complexity index is 1690. The van der Waals surface area contributed by atoms with Gasteiger partial charge in [-0.2, -0.15) is 17.5 Å². The molecule has 15 heteroatoms. The van der Waals surface area contributed by atoms with Gasteiger partial charge in [0.05, 0.1) is 29.1 Å². The van der Waals surface area contributed by atoms with E-state index in [2.05, 4.69) is 9.36 Å². The van der Waals surface area contributed by atoms with Crippen molar-refractivity contribution < 1.29 is 30.7 Å². The lowest BCUT2D eigenvalue weighted by Crippen LogP contribution is -2.23. The van der Waals surface area contributed by atoms with E-state index in [1.54, 1.807) is 6.66 Å². The second-order valence-electron chi connectivity index (χ2n) is 8.48. The quantitative estimate of drug-likeness (QED) is 0.222. The van der Waals surface area contributed by atoms with E-state index in [0.29, 0.717) is 5.39 Å². The van der Waals surface area contributed by atoms with Crippen molar-refractivity contribution in [1.29, 1.82) is 0 Å². The first kappa shape index (κ1) is 26.5. The van der Waals surface area contributed by atoms with E-state index < -0.39 is 39.4 Å². The Labute approximate surface area is 219 Å². The van der Waals surface area contributed by atoms with Crippen LogP contribution in [-0.2, 0) is 10.0 Å². The van der Waals surface area contributed by atoms with Crippen LogP contribution >= 0.6 is 20.3 Å². The number of alkyl halides is 3. The zero-order valence-corrected chi connectivity index (χ0v) is 22.4. The van der Waals surface area contributed by atoms with Gasteiger partial charge in [-0.25, -0.2) is 21.9 Å². The van der Waals surface area contributed by atoms with Gasteiger partial charge in [0.1, 0.15) is 17.9 Å². The molecule has 8 nitrogen and oxygen atoms in total. The van der Waals surface area contributed by atoms with Gasteiger partial charge in [0.15, 0.2) is 0 Å². The summed E-state index contributed by atoms with van der Waals surface area (Å²) in [6, 6.07) is 8.89. The number of methoxy groups -OCH3 is 1. The summed E-state index contributed by atoms with van der Waals surface area (Å²) in [5, 5.41) is 0.563. The molecule has 0 N–H and O–H groups in total. The molecular weight excluding hydrogens is 567 g/mol. The standard InChI is InChI=1S/C23H19F4N4O4PS2/c1-35-20-9-15(14-8-16(14)23(25,26)27)17(24)10-19(20)30-18-5-4-13(7-12(18)3-6-21(30)32)38(33,34)31(36-2)22-28-11-29-37-22/h3-7,9-11,14,16,36H,8H2,1-2H3/t14-,16+/m0/s1. The van der Waals surface area contributed by atoms with E-state index in [1.807, 2.05) is 0 Å². The highest BCUT2D eigenvalue weighted by Crippen LogP contribution is 2.57. The third-order valence-electron chi connectivity index (χ3n) is 6.28. The normalized spacial score (nSPS) is 17.8. The van der Waals surface area contributed by atoms with E-state index >= 15 is 4.39 Å². The van der Waals surface area contributed by atoms with Crippen LogP contribution < -0.4 is 14.4 Å². The molecule has 200 valence electrons. The number of ether oxygens (including phenoxy) is 1. The average Bonchev–Trinajstić information content (AvgIpc) is 3.51. The lowest BCUT2D eigenvalue weighted by molar-refractivity contribution is -0.148. The minimum Gasteiger partial charge on any atom is -0.495 e. The maximum atomic E-state index is 15.1. The predicted octanol–water partition coefficient (Wildman–Crippen LogP) is 5.07. The Kier molecular flexibility index (Phi) is 6.69. The summed E-state index contributed by atoms with van der Waals surface area (Å²) in [4.78, 5) is 16.8. The van der Waals surface area contributed by atoms with Crippen LogP contribution in [0.25, 0.3) is 16.6 Å². The fourth-order valence-electron chi connectivity index (χ4n) is 4.40. The SMILES string of the molecule is COc1cc([C@@H]2C[C@H]2C(F)(F)F)c(F)cc1-n1c(=O)ccc2cc(S(=O)(=O)N(PC)c3ncns3)ccc21. The number of hydrogen-bond donors (Lipinski definition) is 0. The van der Waals surface area contributed by atoms with Crippen molar-refractivity contribution in [2.24, 2.45) is 5.92 Å². The van der Waals surface area contributed by atoms with Crippen molar-refractivity contribution in [2.45, 2.75) is 23.4 Å². The lowest BCUT2D eigenvalue weighted by Gasteiger charge is -2.20. The molecule has 38 heavy (non-hydrogen) atoms. The molecule has 0 saturated heterocycles. The fourth-order valence-corrected chi connectivity index (χ4v) is 8.05. The van der Waals surface area contributed by atoms with Gasteiger partial charge in [-0.3, -0.25) is 9.36 Å². The van der Waals surface area contributed by atoms with Gasteiger partial charge in [0, 0.05) is 29.1 Å². The molecule has 2 aromatic heterocycles. The molecule has 0 spiro atoms. The second kappa shape index (κ2) is 9.58.